The maximum absolute atomic E-state index is 6.01. The lowest BCUT2D eigenvalue weighted by molar-refractivity contribution is 0.169. The molecule has 1 aromatic rings. The second kappa shape index (κ2) is 9.08. The average molecular weight is 263 g/mol. The lowest BCUT2D eigenvalue weighted by Gasteiger charge is -2.14. The molecule has 0 amide bonds. The highest BCUT2D eigenvalue weighted by molar-refractivity contribution is 6.51. The van der Waals surface area contributed by atoms with Gasteiger partial charge in [-0.05, 0) is 30.2 Å². The van der Waals surface area contributed by atoms with E-state index in [1.54, 1.807) is 0 Å². The number of rotatable bonds is 9. The second-order valence-electron chi connectivity index (χ2n) is 4.16. The molecule has 0 fully saturated rings. The second-order valence-corrected chi connectivity index (χ2v) is 6.32. The Morgan fingerprint density at radius 1 is 1.33 bits per heavy atom. The molecular weight excluding hydrogens is 240 g/mol. The normalized spacial score (nSPS) is 10.8. The molecule has 1 rings (SSSR count). The number of benzene rings is 1. The van der Waals surface area contributed by atoms with Crippen LogP contribution in [0.25, 0.3) is 6.08 Å². The molecule has 0 heterocycles. The highest BCUT2D eigenvalue weighted by Gasteiger charge is 2.12. The summed E-state index contributed by atoms with van der Waals surface area (Å²) in [5.41, 5.74) is 2.35. The van der Waals surface area contributed by atoms with Crippen LogP contribution in [0, 0.1) is 0 Å². The quantitative estimate of drug-likeness (QED) is 0.631. The summed E-state index contributed by atoms with van der Waals surface area (Å²) >= 11 is 0. The standard InChI is InChI=1S/C15H23O2Si/c1-4-10-18(13-16-6-3)17-12-15-9-7-8-14(5-2)11-15/h5,7-9,11H,2,4,6,10,12-13H2,1,3H3. The van der Waals surface area contributed by atoms with E-state index < -0.39 is 9.04 Å². The molecule has 18 heavy (non-hydrogen) atoms. The molecule has 0 saturated heterocycles. The third kappa shape index (κ3) is 5.62. The van der Waals surface area contributed by atoms with E-state index in [1.165, 1.54) is 5.56 Å². The van der Waals surface area contributed by atoms with Gasteiger partial charge in [0.05, 0.1) is 12.8 Å². The SMILES string of the molecule is C=Cc1cccc(CO[Si](CCC)COCC)c1. The van der Waals surface area contributed by atoms with E-state index >= 15 is 0 Å². The molecule has 1 aromatic carbocycles. The van der Waals surface area contributed by atoms with Crippen LogP contribution < -0.4 is 0 Å². The van der Waals surface area contributed by atoms with Gasteiger partial charge in [-0.15, -0.1) is 0 Å². The first-order chi connectivity index (χ1) is 8.80. The van der Waals surface area contributed by atoms with Crippen molar-refractivity contribution in [2.75, 3.05) is 12.8 Å². The van der Waals surface area contributed by atoms with Gasteiger partial charge in [0.15, 0.2) is 0 Å². The Morgan fingerprint density at radius 3 is 2.83 bits per heavy atom. The minimum atomic E-state index is -0.823. The fourth-order valence-corrected chi connectivity index (χ4v) is 3.41. The van der Waals surface area contributed by atoms with Gasteiger partial charge in [0.2, 0.25) is 9.04 Å². The summed E-state index contributed by atoms with van der Waals surface area (Å²) in [6, 6.07) is 9.46. The van der Waals surface area contributed by atoms with Crippen LogP contribution in [0.15, 0.2) is 30.8 Å². The van der Waals surface area contributed by atoms with Gasteiger partial charge in [-0.1, -0.05) is 44.2 Å². The van der Waals surface area contributed by atoms with Crippen molar-refractivity contribution in [3.05, 3.63) is 42.0 Å². The summed E-state index contributed by atoms with van der Waals surface area (Å²) in [5.74, 6) is 0. The summed E-state index contributed by atoms with van der Waals surface area (Å²) < 4.78 is 11.5. The first kappa shape index (κ1) is 15.2. The molecule has 0 spiro atoms. The fourth-order valence-electron chi connectivity index (χ4n) is 1.68. The summed E-state index contributed by atoms with van der Waals surface area (Å²) in [6.07, 6.45) is 3.81. The van der Waals surface area contributed by atoms with Crippen LogP contribution in [0.1, 0.15) is 31.4 Å². The van der Waals surface area contributed by atoms with Crippen LogP contribution in [0.3, 0.4) is 0 Å². The zero-order valence-electron chi connectivity index (χ0n) is 11.4. The van der Waals surface area contributed by atoms with Gasteiger partial charge in [-0.3, -0.25) is 0 Å². The molecule has 0 aliphatic carbocycles. The van der Waals surface area contributed by atoms with Crippen molar-refractivity contribution in [3.63, 3.8) is 0 Å². The highest BCUT2D eigenvalue weighted by Crippen LogP contribution is 2.10. The van der Waals surface area contributed by atoms with Crippen molar-refractivity contribution in [3.8, 4) is 0 Å². The molecule has 1 radical (unpaired) electrons. The molecule has 0 atom stereocenters. The Labute approximate surface area is 112 Å². The first-order valence-electron chi connectivity index (χ1n) is 6.56. The van der Waals surface area contributed by atoms with Gasteiger partial charge in [0.1, 0.15) is 0 Å². The van der Waals surface area contributed by atoms with Crippen molar-refractivity contribution in [1.82, 2.24) is 0 Å². The van der Waals surface area contributed by atoms with Gasteiger partial charge in [-0.25, -0.2) is 0 Å². The summed E-state index contributed by atoms with van der Waals surface area (Å²) in [6.45, 7) is 9.46. The lowest BCUT2D eigenvalue weighted by atomic mass is 10.1. The van der Waals surface area contributed by atoms with Crippen LogP contribution in [-0.2, 0) is 15.8 Å². The summed E-state index contributed by atoms with van der Waals surface area (Å²) in [7, 11) is -0.823. The predicted molar refractivity (Wildman–Crippen MR) is 78.7 cm³/mol. The topological polar surface area (TPSA) is 18.5 Å². The maximum atomic E-state index is 6.01. The van der Waals surface area contributed by atoms with Gasteiger partial charge < -0.3 is 9.16 Å². The van der Waals surface area contributed by atoms with Crippen LogP contribution in [0.5, 0.6) is 0 Å². The lowest BCUT2D eigenvalue weighted by Crippen LogP contribution is -2.25. The van der Waals surface area contributed by atoms with Crippen molar-refractivity contribution in [1.29, 1.82) is 0 Å². The van der Waals surface area contributed by atoms with Crippen LogP contribution >= 0.6 is 0 Å². The van der Waals surface area contributed by atoms with E-state index in [-0.39, 0.29) is 0 Å². The summed E-state index contributed by atoms with van der Waals surface area (Å²) in [5, 5.41) is 0. The van der Waals surface area contributed by atoms with Gasteiger partial charge in [-0.2, -0.15) is 0 Å². The molecule has 0 bridgehead atoms. The number of hydrogen-bond acceptors (Lipinski definition) is 2. The Balaban J connectivity index is 2.46. The third-order valence-electron chi connectivity index (χ3n) is 2.63. The third-order valence-corrected chi connectivity index (χ3v) is 4.76. The van der Waals surface area contributed by atoms with Crippen LogP contribution in [-0.4, -0.2) is 21.9 Å². The van der Waals surface area contributed by atoms with E-state index in [9.17, 15) is 0 Å². The average Bonchev–Trinajstić information content (AvgIpc) is 2.42. The van der Waals surface area contributed by atoms with E-state index in [0.717, 1.165) is 30.9 Å². The van der Waals surface area contributed by atoms with Crippen molar-refractivity contribution < 1.29 is 9.16 Å². The zero-order chi connectivity index (χ0) is 13.2. The molecule has 0 aliphatic rings. The molecule has 3 heteroatoms. The Morgan fingerprint density at radius 2 is 2.17 bits per heavy atom. The highest BCUT2D eigenvalue weighted by atomic mass is 28.3. The molecule has 0 N–H and O–H groups in total. The molecule has 99 valence electrons. The van der Waals surface area contributed by atoms with Crippen LogP contribution in [0.4, 0.5) is 0 Å². The predicted octanol–water partition coefficient (Wildman–Crippen LogP) is 3.82. The Hall–Kier alpha value is -0.903. The monoisotopic (exact) mass is 263 g/mol. The molecule has 2 nitrogen and oxygen atoms in total. The van der Waals surface area contributed by atoms with Gasteiger partial charge in [0.25, 0.3) is 0 Å². The maximum Gasteiger partial charge on any atom is 0.238 e. The Bertz CT molecular complexity index is 352. The van der Waals surface area contributed by atoms with Crippen molar-refractivity contribution in [2.45, 2.75) is 32.9 Å². The van der Waals surface area contributed by atoms with E-state index in [1.807, 2.05) is 19.1 Å². The molecular formula is C15H23O2Si. The summed E-state index contributed by atoms with van der Waals surface area (Å²) in [4.78, 5) is 0. The molecule has 0 aliphatic heterocycles. The first-order valence-corrected chi connectivity index (χ1v) is 8.39. The number of ether oxygens (including phenoxy) is 1. The van der Waals surface area contributed by atoms with Crippen molar-refractivity contribution >= 4 is 15.1 Å². The smallest absolute Gasteiger partial charge is 0.238 e. The number of hydrogen-bond donors (Lipinski definition) is 0. The van der Waals surface area contributed by atoms with Crippen molar-refractivity contribution in [2.24, 2.45) is 0 Å². The Kier molecular flexibility index (Phi) is 7.65. The van der Waals surface area contributed by atoms with E-state index in [4.69, 9.17) is 9.16 Å². The van der Waals surface area contributed by atoms with E-state index in [0.29, 0.717) is 6.61 Å². The largest absolute Gasteiger partial charge is 0.410 e. The fraction of sp³-hybridized carbons (Fsp3) is 0.467. The van der Waals surface area contributed by atoms with Crippen LogP contribution in [0.2, 0.25) is 6.04 Å². The van der Waals surface area contributed by atoms with E-state index in [2.05, 4.69) is 31.7 Å². The minimum absolute atomic E-state index is 0.684. The molecule has 0 aromatic heterocycles. The zero-order valence-corrected chi connectivity index (χ0v) is 12.4. The van der Waals surface area contributed by atoms with Gasteiger partial charge >= 0.3 is 0 Å². The minimum Gasteiger partial charge on any atom is -0.410 e. The van der Waals surface area contributed by atoms with Gasteiger partial charge in [0, 0.05) is 6.61 Å². The molecule has 0 saturated carbocycles. The molecule has 0 unspecified atom stereocenters.